The molecule has 3 rings (SSSR count). The van der Waals surface area contributed by atoms with Gasteiger partial charge in [0.15, 0.2) is 5.58 Å². The van der Waals surface area contributed by atoms with Crippen LogP contribution in [-0.2, 0) is 6.42 Å². The zero-order valence-electron chi connectivity index (χ0n) is 10.4. The Morgan fingerprint density at radius 3 is 2.71 bits per heavy atom. The molecule has 0 fully saturated rings. The van der Waals surface area contributed by atoms with Crippen LogP contribution in [0, 0.1) is 13.8 Å². The fourth-order valence-electron chi connectivity index (χ4n) is 2.33. The lowest BCUT2D eigenvalue weighted by Gasteiger charge is -1.99. The zero-order chi connectivity index (χ0) is 12.0. The third-order valence-electron chi connectivity index (χ3n) is 3.14. The summed E-state index contributed by atoms with van der Waals surface area (Å²) in [6.07, 6.45) is 0.900. The predicted octanol–water partition coefficient (Wildman–Crippen LogP) is 4.16. The molecule has 0 radical (unpaired) electrons. The molecule has 86 valence electrons. The monoisotopic (exact) mass is 225 g/mol. The fourth-order valence-corrected chi connectivity index (χ4v) is 2.33. The van der Waals surface area contributed by atoms with Crippen molar-refractivity contribution in [2.75, 3.05) is 0 Å². The molecule has 0 aliphatic carbocycles. The first-order valence-electron chi connectivity index (χ1n) is 5.98. The van der Waals surface area contributed by atoms with E-state index in [0.717, 1.165) is 29.0 Å². The van der Waals surface area contributed by atoms with Crippen molar-refractivity contribution in [3.63, 3.8) is 0 Å². The quantitative estimate of drug-likeness (QED) is 0.621. The van der Waals surface area contributed by atoms with Gasteiger partial charge < -0.3 is 4.42 Å². The number of benzene rings is 1. The summed E-state index contributed by atoms with van der Waals surface area (Å²) in [7, 11) is 0. The Morgan fingerprint density at radius 2 is 1.94 bits per heavy atom. The molecular formula is C15H15NO. The minimum absolute atomic E-state index is 0.900. The van der Waals surface area contributed by atoms with Crippen molar-refractivity contribution >= 4 is 21.9 Å². The molecule has 0 amide bonds. The number of hydrogen-bond acceptors (Lipinski definition) is 2. The molecule has 2 aromatic heterocycles. The first-order valence-corrected chi connectivity index (χ1v) is 5.98. The first kappa shape index (κ1) is 10.3. The number of rotatable bonds is 1. The highest BCUT2D eigenvalue weighted by Gasteiger charge is 2.11. The number of nitrogens with zero attached hydrogens (tertiary/aromatic N) is 1. The molecule has 0 N–H and O–H groups in total. The van der Waals surface area contributed by atoms with Crippen LogP contribution in [0.25, 0.3) is 21.9 Å². The third kappa shape index (κ3) is 1.52. The van der Waals surface area contributed by atoms with Crippen LogP contribution in [0.2, 0.25) is 0 Å². The van der Waals surface area contributed by atoms with Crippen molar-refractivity contribution in [2.24, 2.45) is 0 Å². The summed E-state index contributed by atoms with van der Waals surface area (Å²) in [5.74, 6) is 0. The van der Waals surface area contributed by atoms with E-state index in [1.807, 2.05) is 13.0 Å². The maximum atomic E-state index is 5.92. The number of pyridine rings is 1. The standard InChI is InChI=1S/C15H15NO/c1-4-13-15-12(8-10(3)16-13)11-7-9(2)5-6-14(11)17-15/h5-8H,4H2,1-3H3. The van der Waals surface area contributed by atoms with Gasteiger partial charge in [0.1, 0.15) is 5.58 Å². The van der Waals surface area contributed by atoms with Crippen LogP contribution in [0.5, 0.6) is 0 Å². The number of aryl methyl sites for hydroxylation is 3. The number of aromatic nitrogens is 1. The highest BCUT2D eigenvalue weighted by molar-refractivity contribution is 6.05. The third-order valence-corrected chi connectivity index (χ3v) is 3.14. The summed E-state index contributed by atoms with van der Waals surface area (Å²) in [5.41, 5.74) is 5.26. The molecule has 1 aromatic carbocycles. The molecule has 0 unspecified atom stereocenters. The van der Waals surface area contributed by atoms with E-state index in [-0.39, 0.29) is 0 Å². The Kier molecular flexibility index (Phi) is 2.18. The summed E-state index contributed by atoms with van der Waals surface area (Å²) in [6.45, 7) is 6.25. The lowest BCUT2D eigenvalue weighted by molar-refractivity contribution is 0.659. The highest BCUT2D eigenvalue weighted by atomic mass is 16.3. The summed E-state index contributed by atoms with van der Waals surface area (Å²) >= 11 is 0. The number of furan rings is 1. The molecule has 2 heterocycles. The van der Waals surface area contributed by atoms with Gasteiger partial charge in [0.2, 0.25) is 0 Å². The van der Waals surface area contributed by atoms with Crippen molar-refractivity contribution in [3.8, 4) is 0 Å². The van der Waals surface area contributed by atoms with E-state index in [9.17, 15) is 0 Å². The predicted molar refractivity (Wildman–Crippen MR) is 70.4 cm³/mol. The van der Waals surface area contributed by atoms with Crippen molar-refractivity contribution < 1.29 is 4.42 Å². The maximum absolute atomic E-state index is 5.92. The van der Waals surface area contributed by atoms with E-state index in [0.29, 0.717) is 0 Å². The second-order valence-electron chi connectivity index (χ2n) is 4.54. The van der Waals surface area contributed by atoms with E-state index >= 15 is 0 Å². The Morgan fingerprint density at radius 1 is 1.12 bits per heavy atom. The van der Waals surface area contributed by atoms with Crippen LogP contribution in [0.15, 0.2) is 28.7 Å². The van der Waals surface area contributed by atoms with Gasteiger partial charge in [-0.2, -0.15) is 0 Å². The molecule has 0 bridgehead atoms. The van der Waals surface area contributed by atoms with E-state index in [1.165, 1.54) is 16.3 Å². The Bertz CT molecular complexity index is 710. The average molecular weight is 225 g/mol. The van der Waals surface area contributed by atoms with Crippen LogP contribution in [0.1, 0.15) is 23.9 Å². The topological polar surface area (TPSA) is 26.0 Å². The largest absolute Gasteiger partial charge is 0.454 e. The van der Waals surface area contributed by atoms with Crippen LogP contribution in [0.3, 0.4) is 0 Å². The van der Waals surface area contributed by atoms with Crippen LogP contribution >= 0.6 is 0 Å². The molecule has 0 aliphatic rings. The molecule has 2 heteroatoms. The molecule has 3 aromatic rings. The minimum Gasteiger partial charge on any atom is -0.454 e. The van der Waals surface area contributed by atoms with Gasteiger partial charge in [0.05, 0.1) is 5.69 Å². The van der Waals surface area contributed by atoms with Gasteiger partial charge in [-0.05, 0) is 38.5 Å². The highest BCUT2D eigenvalue weighted by Crippen LogP contribution is 2.31. The van der Waals surface area contributed by atoms with Gasteiger partial charge in [-0.25, -0.2) is 0 Å². The molecular weight excluding hydrogens is 210 g/mol. The van der Waals surface area contributed by atoms with Crippen molar-refractivity contribution in [2.45, 2.75) is 27.2 Å². The SMILES string of the molecule is CCc1nc(C)cc2c1oc1ccc(C)cc12. The van der Waals surface area contributed by atoms with Gasteiger partial charge in [-0.15, -0.1) is 0 Å². The number of hydrogen-bond donors (Lipinski definition) is 0. The van der Waals surface area contributed by atoms with E-state index in [1.54, 1.807) is 0 Å². The first-order chi connectivity index (χ1) is 8.19. The van der Waals surface area contributed by atoms with E-state index in [2.05, 4.69) is 37.0 Å². The van der Waals surface area contributed by atoms with Crippen molar-refractivity contribution in [1.82, 2.24) is 4.98 Å². The smallest absolute Gasteiger partial charge is 0.156 e. The normalized spacial score (nSPS) is 11.5. The lowest BCUT2D eigenvalue weighted by Crippen LogP contribution is -1.90. The number of fused-ring (bicyclic) bond motifs is 3. The zero-order valence-corrected chi connectivity index (χ0v) is 10.4. The molecule has 17 heavy (non-hydrogen) atoms. The Balaban J connectivity index is 2.52. The second-order valence-corrected chi connectivity index (χ2v) is 4.54. The summed E-state index contributed by atoms with van der Waals surface area (Å²) in [4.78, 5) is 4.54. The molecule has 0 saturated carbocycles. The maximum Gasteiger partial charge on any atom is 0.156 e. The van der Waals surface area contributed by atoms with Crippen LogP contribution in [-0.4, -0.2) is 4.98 Å². The van der Waals surface area contributed by atoms with Gasteiger partial charge in [0, 0.05) is 16.5 Å². The Hall–Kier alpha value is -1.83. The van der Waals surface area contributed by atoms with Crippen molar-refractivity contribution in [1.29, 1.82) is 0 Å². The summed E-state index contributed by atoms with van der Waals surface area (Å²) < 4.78 is 5.92. The summed E-state index contributed by atoms with van der Waals surface area (Å²) in [6, 6.07) is 8.41. The van der Waals surface area contributed by atoms with Crippen LogP contribution in [0.4, 0.5) is 0 Å². The van der Waals surface area contributed by atoms with Gasteiger partial charge in [0.25, 0.3) is 0 Å². The molecule has 0 atom stereocenters. The molecule has 2 nitrogen and oxygen atoms in total. The minimum atomic E-state index is 0.900. The van der Waals surface area contributed by atoms with Crippen molar-refractivity contribution in [3.05, 3.63) is 41.2 Å². The Labute approximate surface area is 100 Å². The fraction of sp³-hybridized carbons (Fsp3) is 0.267. The molecule has 0 saturated heterocycles. The van der Waals surface area contributed by atoms with Crippen LogP contribution < -0.4 is 0 Å². The average Bonchev–Trinajstić information content (AvgIpc) is 2.66. The van der Waals surface area contributed by atoms with Gasteiger partial charge in [-0.1, -0.05) is 18.6 Å². The lowest BCUT2D eigenvalue weighted by atomic mass is 10.1. The van der Waals surface area contributed by atoms with E-state index in [4.69, 9.17) is 4.42 Å². The molecule has 0 spiro atoms. The molecule has 0 aliphatic heterocycles. The van der Waals surface area contributed by atoms with E-state index < -0.39 is 0 Å². The van der Waals surface area contributed by atoms with Gasteiger partial charge in [-0.3, -0.25) is 4.98 Å². The van der Waals surface area contributed by atoms with Gasteiger partial charge >= 0.3 is 0 Å². The second kappa shape index (κ2) is 3.59. The summed E-state index contributed by atoms with van der Waals surface area (Å²) in [5, 5.41) is 2.38.